The van der Waals surface area contributed by atoms with Gasteiger partial charge in [-0.2, -0.15) is 0 Å². The van der Waals surface area contributed by atoms with Crippen LogP contribution in [0.1, 0.15) is 6.42 Å². The van der Waals surface area contributed by atoms with Crippen LogP contribution in [0, 0.1) is 6.92 Å². The zero-order valence-corrected chi connectivity index (χ0v) is 5.46. The van der Waals surface area contributed by atoms with Crippen LogP contribution in [0.4, 0.5) is 0 Å². The van der Waals surface area contributed by atoms with E-state index < -0.39 is 0 Å². The second kappa shape index (κ2) is 2.60. The molecule has 1 rings (SSSR count). The van der Waals surface area contributed by atoms with E-state index in [2.05, 4.69) is 6.92 Å². The van der Waals surface area contributed by atoms with Gasteiger partial charge in [-0.3, -0.25) is 9.59 Å². The van der Waals surface area contributed by atoms with Gasteiger partial charge in [0.25, 0.3) is 0 Å². The molecule has 0 aliphatic heterocycles. The lowest BCUT2D eigenvalue weighted by atomic mass is 10.0. The summed E-state index contributed by atoms with van der Waals surface area (Å²) in [7, 11) is 0. The van der Waals surface area contributed by atoms with Gasteiger partial charge in [0.05, 0.1) is 0 Å². The molecule has 0 aromatic rings. The van der Waals surface area contributed by atoms with E-state index in [4.69, 9.17) is 0 Å². The molecule has 0 saturated heterocycles. The summed E-state index contributed by atoms with van der Waals surface area (Å²) in [4.78, 5) is 21.5. The van der Waals surface area contributed by atoms with Crippen LogP contribution < -0.4 is 0 Å². The fraction of sp³-hybridized carbons (Fsp3) is 0.125. The topological polar surface area (TPSA) is 34.1 Å². The van der Waals surface area contributed by atoms with Crippen LogP contribution in [0.25, 0.3) is 0 Å². The SMILES string of the molecule is [CH2]CC1=CC(=O)C=CC1=O. The molecule has 0 saturated carbocycles. The Hall–Kier alpha value is -1.18. The van der Waals surface area contributed by atoms with Gasteiger partial charge in [-0.05, 0) is 31.6 Å². The van der Waals surface area contributed by atoms with Crippen molar-refractivity contribution in [2.45, 2.75) is 6.42 Å². The van der Waals surface area contributed by atoms with Crippen molar-refractivity contribution in [3.05, 3.63) is 30.7 Å². The van der Waals surface area contributed by atoms with E-state index in [0.717, 1.165) is 0 Å². The fourth-order valence-corrected chi connectivity index (χ4v) is 0.751. The van der Waals surface area contributed by atoms with Gasteiger partial charge < -0.3 is 0 Å². The monoisotopic (exact) mass is 135 g/mol. The lowest BCUT2D eigenvalue weighted by Gasteiger charge is -2.01. The second-order valence-electron chi connectivity index (χ2n) is 2.02. The smallest absolute Gasteiger partial charge is 0.182 e. The van der Waals surface area contributed by atoms with Crippen molar-refractivity contribution in [1.82, 2.24) is 0 Å². The zero-order valence-electron chi connectivity index (χ0n) is 5.46. The van der Waals surface area contributed by atoms with Crippen LogP contribution in [0.2, 0.25) is 0 Å². The number of hydrogen-bond acceptors (Lipinski definition) is 2. The number of carbonyl (C=O) groups is 2. The van der Waals surface area contributed by atoms with Gasteiger partial charge in [0.2, 0.25) is 0 Å². The summed E-state index contributed by atoms with van der Waals surface area (Å²) in [6.45, 7) is 3.52. The minimum absolute atomic E-state index is 0.102. The normalized spacial score (nSPS) is 17.5. The van der Waals surface area contributed by atoms with Crippen molar-refractivity contribution >= 4 is 11.6 Å². The molecular weight excluding hydrogens is 128 g/mol. The predicted molar refractivity (Wildman–Crippen MR) is 37.2 cm³/mol. The van der Waals surface area contributed by atoms with Crippen molar-refractivity contribution in [1.29, 1.82) is 0 Å². The van der Waals surface area contributed by atoms with E-state index in [-0.39, 0.29) is 11.6 Å². The molecule has 2 nitrogen and oxygen atoms in total. The zero-order chi connectivity index (χ0) is 7.56. The van der Waals surface area contributed by atoms with E-state index in [1.165, 1.54) is 18.2 Å². The molecule has 0 atom stereocenters. The van der Waals surface area contributed by atoms with E-state index >= 15 is 0 Å². The molecule has 2 heteroatoms. The van der Waals surface area contributed by atoms with Gasteiger partial charge in [0, 0.05) is 5.57 Å². The largest absolute Gasteiger partial charge is 0.290 e. The van der Waals surface area contributed by atoms with E-state index in [1.807, 2.05) is 0 Å². The molecule has 51 valence electrons. The first-order valence-electron chi connectivity index (χ1n) is 3.00. The van der Waals surface area contributed by atoms with Crippen LogP contribution in [0.3, 0.4) is 0 Å². The van der Waals surface area contributed by atoms with Crippen molar-refractivity contribution in [2.75, 3.05) is 0 Å². The Labute approximate surface area is 59.2 Å². The molecule has 1 aliphatic rings. The van der Waals surface area contributed by atoms with E-state index in [9.17, 15) is 9.59 Å². The van der Waals surface area contributed by atoms with Crippen LogP contribution in [-0.2, 0) is 9.59 Å². The summed E-state index contributed by atoms with van der Waals surface area (Å²) in [5, 5.41) is 0. The van der Waals surface area contributed by atoms with Gasteiger partial charge in [-0.15, -0.1) is 0 Å². The number of allylic oxidation sites excluding steroid dienone is 4. The maximum Gasteiger partial charge on any atom is 0.182 e. The molecule has 0 unspecified atom stereocenters. The first-order valence-corrected chi connectivity index (χ1v) is 3.00. The third-order valence-electron chi connectivity index (χ3n) is 1.30. The number of hydrogen-bond donors (Lipinski definition) is 0. The van der Waals surface area contributed by atoms with Crippen molar-refractivity contribution in [2.24, 2.45) is 0 Å². The van der Waals surface area contributed by atoms with Gasteiger partial charge in [0.15, 0.2) is 11.6 Å². The minimum Gasteiger partial charge on any atom is -0.290 e. The summed E-state index contributed by atoms with van der Waals surface area (Å²) >= 11 is 0. The molecule has 0 amide bonds. The molecular formula is C8H7O2. The van der Waals surface area contributed by atoms with Gasteiger partial charge >= 0.3 is 0 Å². The number of carbonyl (C=O) groups excluding carboxylic acids is 2. The average Bonchev–Trinajstić information content (AvgIpc) is 1.94. The molecule has 0 aromatic carbocycles. The standard InChI is InChI=1S/C8H7O2/c1-2-6-5-7(9)3-4-8(6)10/h3-5H,1-2H2. The van der Waals surface area contributed by atoms with Gasteiger partial charge in [-0.25, -0.2) is 0 Å². The fourth-order valence-electron chi connectivity index (χ4n) is 0.751. The Morgan fingerprint density at radius 2 is 2.00 bits per heavy atom. The summed E-state index contributed by atoms with van der Waals surface area (Å²) < 4.78 is 0. The molecule has 0 fully saturated rings. The van der Waals surface area contributed by atoms with E-state index in [1.54, 1.807) is 0 Å². The molecule has 0 heterocycles. The third-order valence-corrected chi connectivity index (χ3v) is 1.30. The van der Waals surface area contributed by atoms with Gasteiger partial charge in [0.1, 0.15) is 0 Å². The van der Waals surface area contributed by atoms with Crippen LogP contribution in [0.15, 0.2) is 23.8 Å². The highest BCUT2D eigenvalue weighted by Crippen LogP contribution is 2.07. The minimum atomic E-state index is -0.127. The average molecular weight is 135 g/mol. The molecule has 0 spiro atoms. The maximum absolute atomic E-state index is 10.8. The lowest BCUT2D eigenvalue weighted by molar-refractivity contribution is -0.114. The summed E-state index contributed by atoms with van der Waals surface area (Å²) in [6.07, 6.45) is 4.26. The van der Waals surface area contributed by atoms with Crippen molar-refractivity contribution < 1.29 is 9.59 Å². The number of rotatable bonds is 1. The first kappa shape index (κ1) is 6.93. The molecule has 0 aromatic heterocycles. The van der Waals surface area contributed by atoms with Crippen molar-refractivity contribution in [3.8, 4) is 0 Å². The second-order valence-corrected chi connectivity index (χ2v) is 2.02. The summed E-state index contributed by atoms with van der Waals surface area (Å²) in [5.74, 6) is -0.229. The van der Waals surface area contributed by atoms with Crippen LogP contribution >= 0.6 is 0 Å². The Morgan fingerprint density at radius 3 is 2.50 bits per heavy atom. The van der Waals surface area contributed by atoms with Crippen molar-refractivity contribution in [3.63, 3.8) is 0 Å². The van der Waals surface area contributed by atoms with Gasteiger partial charge in [-0.1, -0.05) is 0 Å². The molecule has 0 bridgehead atoms. The molecule has 0 N–H and O–H groups in total. The van der Waals surface area contributed by atoms with Crippen LogP contribution in [-0.4, -0.2) is 11.6 Å². The highest BCUT2D eigenvalue weighted by atomic mass is 16.1. The van der Waals surface area contributed by atoms with E-state index in [0.29, 0.717) is 12.0 Å². The maximum atomic E-state index is 10.8. The lowest BCUT2D eigenvalue weighted by Crippen LogP contribution is -2.06. The molecule has 1 radical (unpaired) electrons. The Morgan fingerprint density at radius 1 is 1.30 bits per heavy atom. The Balaban J connectivity index is 2.89. The predicted octanol–water partition coefficient (Wildman–Crippen LogP) is 0.845. The molecule has 1 aliphatic carbocycles. The highest BCUT2D eigenvalue weighted by Gasteiger charge is 2.09. The third kappa shape index (κ3) is 1.21. The van der Waals surface area contributed by atoms with Crippen LogP contribution in [0.5, 0.6) is 0 Å². The quantitative estimate of drug-likeness (QED) is 0.499. The Kier molecular flexibility index (Phi) is 1.81. The first-order chi connectivity index (χ1) is 4.74. The summed E-state index contributed by atoms with van der Waals surface area (Å²) in [6, 6.07) is 0. The Bertz CT molecular complexity index is 234. The highest BCUT2D eigenvalue weighted by molar-refractivity contribution is 6.17. The summed E-state index contributed by atoms with van der Waals surface area (Å²) in [5.41, 5.74) is 0.493. The molecule has 10 heavy (non-hydrogen) atoms. The number of ketones is 2.